The molecule has 1 saturated carbocycles. The quantitative estimate of drug-likeness (QED) is 0.911. The van der Waals surface area contributed by atoms with Crippen molar-refractivity contribution in [2.24, 2.45) is 11.8 Å². The molecule has 4 nitrogen and oxygen atoms in total. The van der Waals surface area contributed by atoms with Gasteiger partial charge in [-0.2, -0.15) is 0 Å². The highest BCUT2D eigenvalue weighted by atomic mass is 32.1. The highest BCUT2D eigenvalue weighted by molar-refractivity contribution is 7.10. The summed E-state index contributed by atoms with van der Waals surface area (Å²) in [5.74, 6) is -1.51. The van der Waals surface area contributed by atoms with E-state index in [4.69, 9.17) is 5.11 Å². The zero-order valence-electron chi connectivity index (χ0n) is 9.91. The lowest BCUT2D eigenvalue weighted by Crippen LogP contribution is -2.32. The third-order valence-corrected chi connectivity index (χ3v) is 4.81. The molecule has 1 N–H and O–H groups in total. The molecule has 3 unspecified atom stereocenters. The summed E-state index contributed by atoms with van der Waals surface area (Å²) in [5.41, 5.74) is 0. The van der Waals surface area contributed by atoms with Gasteiger partial charge in [0, 0.05) is 11.4 Å². The zero-order chi connectivity index (χ0) is 12.7. The molecule has 2 aliphatic rings. The molecule has 3 rings (SSSR count). The number of thiophene rings is 1. The van der Waals surface area contributed by atoms with E-state index in [1.807, 2.05) is 16.3 Å². The SMILES string of the molecule is O=C(O)C1CC1C(=O)N1CCCC1c1cccs1. The Morgan fingerprint density at radius 2 is 2.22 bits per heavy atom. The monoisotopic (exact) mass is 265 g/mol. The first kappa shape index (κ1) is 11.7. The van der Waals surface area contributed by atoms with Gasteiger partial charge in [-0.25, -0.2) is 0 Å². The molecule has 1 aromatic rings. The fourth-order valence-electron chi connectivity index (χ4n) is 2.76. The summed E-state index contributed by atoms with van der Waals surface area (Å²) in [7, 11) is 0. The van der Waals surface area contributed by atoms with E-state index in [-0.39, 0.29) is 17.9 Å². The van der Waals surface area contributed by atoms with Gasteiger partial charge < -0.3 is 10.0 Å². The minimum absolute atomic E-state index is 0.0401. The lowest BCUT2D eigenvalue weighted by molar-refractivity contribution is -0.142. The van der Waals surface area contributed by atoms with Crippen LogP contribution in [0.1, 0.15) is 30.2 Å². The summed E-state index contributed by atoms with van der Waals surface area (Å²) < 4.78 is 0. The van der Waals surface area contributed by atoms with Gasteiger partial charge in [0.05, 0.1) is 17.9 Å². The van der Waals surface area contributed by atoms with E-state index in [1.54, 1.807) is 11.3 Å². The Morgan fingerprint density at radius 3 is 2.83 bits per heavy atom. The van der Waals surface area contributed by atoms with Crippen molar-refractivity contribution in [3.8, 4) is 0 Å². The van der Waals surface area contributed by atoms with E-state index in [0.29, 0.717) is 6.42 Å². The van der Waals surface area contributed by atoms with Crippen molar-refractivity contribution < 1.29 is 14.7 Å². The smallest absolute Gasteiger partial charge is 0.307 e. The van der Waals surface area contributed by atoms with Crippen molar-refractivity contribution in [1.82, 2.24) is 4.90 Å². The van der Waals surface area contributed by atoms with Crippen molar-refractivity contribution in [3.05, 3.63) is 22.4 Å². The molecular weight excluding hydrogens is 250 g/mol. The Labute approximate surface area is 109 Å². The van der Waals surface area contributed by atoms with Crippen LogP contribution in [0.2, 0.25) is 0 Å². The number of amides is 1. The zero-order valence-corrected chi connectivity index (χ0v) is 10.7. The Balaban J connectivity index is 1.72. The number of rotatable bonds is 3. The third-order valence-electron chi connectivity index (χ3n) is 3.83. The first-order valence-corrected chi connectivity index (χ1v) is 7.13. The second-order valence-electron chi connectivity index (χ2n) is 4.99. The molecule has 3 atom stereocenters. The second kappa shape index (κ2) is 4.39. The van der Waals surface area contributed by atoms with Crippen molar-refractivity contribution >= 4 is 23.2 Å². The molecule has 2 heterocycles. The molecule has 1 aromatic heterocycles. The van der Waals surface area contributed by atoms with E-state index in [1.165, 1.54) is 4.88 Å². The molecule has 0 radical (unpaired) electrons. The molecule has 1 aliphatic heterocycles. The molecule has 0 bridgehead atoms. The van der Waals surface area contributed by atoms with E-state index in [2.05, 4.69) is 6.07 Å². The molecule has 18 heavy (non-hydrogen) atoms. The largest absolute Gasteiger partial charge is 0.481 e. The fraction of sp³-hybridized carbons (Fsp3) is 0.538. The lowest BCUT2D eigenvalue weighted by Gasteiger charge is -2.24. The third kappa shape index (κ3) is 1.92. The van der Waals surface area contributed by atoms with Crippen LogP contribution in [0.15, 0.2) is 17.5 Å². The molecule has 1 amide bonds. The van der Waals surface area contributed by atoms with Crippen LogP contribution >= 0.6 is 11.3 Å². The Hall–Kier alpha value is -1.36. The average molecular weight is 265 g/mol. The predicted molar refractivity (Wildman–Crippen MR) is 67.2 cm³/mol. The normalized spacial score (nSPS) is 30.4. The molecule has 0 spiro atoms. The van der Waals surface area contributed by atoms with Gasteiger partial charge in [0.25, 0.3) is 0 Å². The molecular formula is C13H15NO3S. The Morgan fingerprint density at radius 1 is 1.39 bits per heavy atom. The number of hydrogen-bond donors (Lipinski definition) is 1. The molecule has 96 valence electrons. The van der Waals surface area contributed by atoms with Crippen LogP contribution in [0.5, 0.6) is 0 Å². The van der Waals surface area contributed by atoms with Crippen LogP contribution in [0.3, 0.4) is 0 Å². The summed E-state index contributed by atoms with van der Waals surface area (Å²) in [4.78, 5) is 26.2. The van der Waals surface area contributed by atoms with E-state index < -0.39 is 11.9 Å². The van der Waals surface area contributed by atoms with Crippen LogP contribution in [-0.4, -0.2) is 28.4 Å². The number of carbonyl (C=O) groups is 2. The van der Waals surface area contributed by atoms with Gasteiger partial charge in [-0.15, -0.1) is 11.3 Å². The predicted octanol–water partition coefficient (Wildman–Crippen LogP) is 2.13. The number of carboxylic acids is 1. The molecule has 0 aromatic carbocycles. The standard InChI is InChI=1S/C13H15NO3S/c15-12(8-7-9(8)13(16)17)14-5-1-3-10(14)11-4-2-6-18-11/h2,4,6,8-10H,1,3,5,7H2,(H,16,17). The van der Waals surface area contributed by atoms with Crippen LogP contribution in [0, 0.1) is 11.8 Å². The van der Waals surface area contributed by atoms with Gasteiger partial charge in [-0.3, -0.25) is 9.59 Å². The van der Waals surface area contributed by atoms with E-state index in [0.717, 1.165) is 19.4 Å². The number of carboxylic acid groups (broad SMARTS) is 1. The van der Waals surface area contributed by atoms with Crippen molar-refractivity contribution in [3.63, 3.8) is 0 Å². The summed E-state index contributed by atoms with van der Waals surface area (Å²) in [6, 6.07) is 4.23. The van der Waals surface area contributed by atoms with Crippen LogP contribution < -0.4 is 0 Å². The highest BCUT2D eigenvalue weighted by Gasteiger charge is 2.51. The molecule has 1 aliphatic carbocycles. The van der Waals surface area contributed by atoms with Crippen molar-refractivity contribution in [2.75, 3.05) is 6.54 Å². The number of aliphatic carboxylic acids is 1. The van der Waals surface area contributed by atoms with Gasteiger partial charge in [-0.05, 0) is 30.7 Å². The number of likely N-dealkylation sites (tertiary alicyclic amines) is 1. The van der Waals surface area contributed by atoms with Gasteiger partial charge in [0.2, 0.25) is 5.91 Å². The Kier molecular flexibility index (Phi) is 2.86. The second-order valence-corrected chi connectivity index (χ2v) is 5.97. The Bertz CT molecular complexity index is 471. The maximum Gasteiger partial charge on any atom is 0.307 e. The first-order chi connectivity index (χ1) is 8.68. The van der Waals surface area contributed by atoms with Crippen LogP contribution in [0.25, 0.3) is 0 Å². The van der Waals surface area contributed by atoms with Gasteiger partial charge in [0.1, 0.15) is 0 Å². The fourth-order valence-corrected chi connectivity index (χ4v) is 3.63. The summed E-state index contributed by atoms with van der Waals surface area (Å²) >= 11 is 1.67. The van der Waals surface area contributed by atoms with Crippen molar-refractivity contribution in [1.29, 1.82) is 0 Å². The molecule has 2 fully saturated rings. The lowest BCUT2D eigenvalue weighted by atomic mass is 10.1. The maximum absolute atomic E-state index is 12.3. The summed E-state index contributed by atoms with van der Waals surface area (Å²) in [6.45, 7) is 0.768. The highest BCUT2D eigenvalue weighted by Crippen LogP contribution is 2.44. The number of carbonyl (C=O) groups excluding carboxylic acids is 1. The van der Waals surface area contributed by atoms with Crippen molar-refractivity contribution in [2.45, 2.75) is 25.3 Å². The minimum Gasteiger partial charge on any atom is -0.481 e. The number of hydrogen-bond acceptors (Lipinski definition) is 3. The van der Waals surface area contributed by atoms with Gasteiger partial charge in [0.15, 0.2) is 0 Å². The number of nitrogens with zero attached hydrogens (tertiary/aromatic N) is 1. The molecule has 5 heteroatoms. The van der Waals surface area contributed by atoms with E-state index >= 15 is 0 Å². The summed E-state index contributed by atoms with van der Waals surface area (Å²) in [6.07, 6.45) is 2.53. The van der Waals surface area contributed by atoms with Crippen LogP contribution in [0.4, 0.5) is 0 Å². The summed E-state index contributed by atoms with van der Waals surface area (Å²) in [5, 5.41) is 10.9. The van der Waals surface area contributed by atoms with Crippen LogP contribution in [-0.2, 0) is 9.59 Å². The van der Waals surface area contributed by atoms with Gasteiger partial charge in [-0.1, -0.05) is 6.07 Å². The first-order valence-electron chi connectivity index (χ1n) is 6.25. The average Bonchev–Trinajstić information content (AvgIpc) is 2.78. The minimum atomic E-state index is -0.833. The van der Waals surface area contributed by atoms with E-state index in [9.17, 15) is 9.59 Å². The van der Waals surface area contributed by atoms with Gasteiger partial charge >= 0.3 is 5.97 Å². The topological polar surface area (TPSA) is 57.6 Å². The maximum atomic E-state index is 12.3. The molecule has 1 saturated heterocycles.